The van der Waals surface area contributed by atoms with Gasteiger partial charge in [-0.2, -0.15) is 10.1 Å². The van der Waals surface area contributed by atoms with Crippen LogP contribution in [0.5, 0.6) is 0 Å². The van der Waals surface area contributed by atoms with E-state index in [0.717, 1.165) is 63.4 Å². The van der Waals surface area contributed by atoms with E-state index in [-0.39, 0.29) is 5.56 Å². The molecule has 0 aromatic carbocycles. The quantitative estimate of drug-likeness (QED) is 0.641. The van der Waals surface area contributed by atoms with Crippen molar-refractivity contribution in [3.05, 3.63) is 34.1 Å². The van der Waals surface area contributed by atoms with E-state index >= 15 is 0 Å². The van der Waals surface area contributed by atoms with E-state index in [2.05, 4.69) is 44.3 Å². The molecule has 0 atom stereocenters. The van der Waals surface area contributed by atoms with Gasteiger partial charge in [-0.15, -0.1) is 0 Å². The molecule has 0 amide bonds. The van der Waals surface area contributed by atoms with E-state index in [9.17, 15) is 4.79 Å². The Bertz CT molecular complexity index is 1070. The second-order valence-corrected chi connectivity index (χ2v) is 8.76. The summed E-state index contributed by atoms with van der Waals surface area (Å²) in [7, 11) is 0. The van der Waals surface area contributed by atoms with Gasteiger partial charge in [0.2, 0.25) is 0 Å². The minimum atomic E-state index is -0.126. The van der Waals surface area contributed by atoms with Crippen LogP contribution in [0.4, 0.5) is 0 Å². The number of likely N-dealkylation sites (tertiary alicyclic amines) is 1. The summed E-state index contributed by atoms with van der Waals surface area (Å²) in [5, 5.41) is 12.2. The zero-order valence-electron chi connectivity index (χ0n) is 19.6. The molecule has 9 heteroatoms. The maximum absolute atomic E-state index is 12.4. The molecule has 5 heterocycles. The van der Waals surface area contributed by atoms with Crippen molar-refractivity contribution in [1.82, 2.24) is 35.0 Å². The SMILES string of the molecule is CC.CC(C)N1CCC(c2noc(-c3cnn4c(C5CCNCC5)cc(=O)[nH]c34)n2)CC1. The number of piperidine rings is 2. The number of hydrogen-bond donors (Lipinski definition) is 2. The van der Waals surface area contributed by atoms with Crippen molar-refractivity contribution < 1.29 is 4.52 Å². The van der Waals surface area contributed by atoms with Gasteiger partial charge in [0.1, 0.15) is 11.2 Å². The number of H-pyrrole nitrogens is 1. The lowest BCUT2D eigenvalue weighted by Gasteiger charge is -2.33. The van der Waals surface area contributed by atoms with Crippen LogP contribution in [0.25, 0.3) is 17.1 Å². The monoisotopic (exact) mass is 441 g/mol. The number of fused-ring (bicyclic) bond motifs is 1. The number of rotatable bonds is 4. The highest BCUT2D eigenvalue weighted by atomic mass is 16.5. The summed E-state index contributed by atoms with van der Waals surface area (Å²) in [5.41, 5.74) is 2.13. The average molecular weight is 442 g/mol. The van der Waals surface area contributed by atoms with Crippen LogP contribution in [0.15, 0.2) is 21.6 Å². The van der Waals surface area contributed by atoms with Crippen LogP contribution >= 0.6 is 0 Å². The molecule has 3 aromatic heterocycles. The Morgan fingerprint density at radius 1 is 1.09 bits per heavy atom. The van der Waals surface area contributed by atoms with Gasteiger partial charge in [0.25, 0.3) is 11.4 Å². The first-order valence-corrected chi connectivity index (χ1v) is 12.0. The molecule has 0 unspecified atom stereocenters. The third-order valence-corrected chi connectivity index (χ3v) is 6.59. The molecule has 2 aliphatic heterocycles. The number of hydrogen-bond acceptors (Lipinski definition) is 7. The topological polar surface area (TPSA) is 104 Å². The van der Waals surface area contributed by atoms with E-state index in [1.165, 1.54) is 0 Å². The van der Waals surface area contributed by atoms with Crippen molar-refractivity contribution in [2.75, 3.05) is 26.2 Å². The van der Waals surface area contributed by atoms with E-state index in [1.54, 1.807) is 12.3 Å². The first-order valence-electron chi connectivity index (χ1n) is 12.0. The first-order chi connectivity index (χ1) is 15.6. The van der Waals surface area contributed by atoms with Crippen molar-refractivity contribution in [2.24, 2.45) is 0 Å². The molecule has 0 bridgehead atoms. The maximum atomic E-state index is 12.4. The summed E-state index contributed by atoms with van der Waals surface area (Å²) in [6.07, 6.45) is 5.76. The van der Waals surface area contributed by atoms with Gasteiger partial charge in [-0.05, 0) is 65.7 Å². The van der Waals surface area contributed by atoms with E-state index < -0.39 is 0 Å². The van der Waals surface area contributed by atoms with Crippen molar-refractivity contribution >= 4 is 5.65 Å². The Kier molecular flexibility index (Phi) is 7.05. The van der Waals surface area contributed by atoms with Gasteiger partial charge in [-0.25, -0.2) is 4.52 Å². The average Bonchev–Trinajstić information content (AvgIpc) is 3.48. The molecule has 2 aliphatic rings. The second kappa shape index (κ2) is 9.95. The molecule has 32 heavy (non-hydrogen) atoms. The van der Waals surface area contributed by atoms with Gasteiger partial charge in [-0.1, -0.05) is 19.0 Å². The molecule has 174 valence electrons. The third kappa shape index (κ3) is 4.49. The van der Waals surface area contributed by atoms with Crippen molar-refractivity contribution in [3.8, 4) is 11.5 Å². The van der Waals surface area contributed by atoms with Crippen LogP contribution in [0.1, 0.15) is 76.7 Å². The molecule has 0 spiro atoms. The molecule has 2 N–H and O–H groups in total. The number of nitrogens with zero attached hydrogens (tertiary/aromatic N) is 5. The van der Waals surface area contributed by atoms with Crippen molar-refractivity contribution in [1.29, 1.82) is 0 Å². The fraction of sp³-hybridized carbons (Fsp3) is 0.652. The third-order valence-electron chi connectivity index (χ3n) is 6.59. The van der Waals surface area contributed by atoms with Crippen LogP contribution in [-0.2, 0) is 0 Å². The summed E-state index contributed by atoms with van der Waals surface area (Å²) in [5.74, 6) is 1.80. The van der Waals surface area contributed by atoms with Crippen LogP contribution in [-0.4, -0.2) is 61.9 Å². The Labute approximate surface area is 188 Å². The Hall–Kier alpha value is -2.52. The lowest BCUT2D eigenvalue weighted by atomic mass is 9.94. The summed E-state index contributed by atoms with van der Waals surface area (Å²) in [4.78, 5) is 22.5. The van der Waals surface area contributed by atoms with E-state index in [1.807, 2.05) is 18.4 Å². The Balaban J connectivity index is 0.00000119. The normalized spacial score (nSPS) is 18.8. The maximum Gasteiger partial charge on any atom is 0.263 e. The van der Waals surface area contributed by atoms with Gasteiger partial charge in [0, 0.05) is 23.9 Å². The predicted octanol–water partition coefficient (Wildman–Crippen LogP) is 3.15. The van der Waals surface area contributed by atoms with Crippen molar-refractivity contribution in [3.63, 3.8) is 0 Å². The molecular formula is C23H35N7O2. The van der Waals surface area contributed by atoms with Crippen LogP contribution < -0.4 is 10.9 Å². The fourth-order valence-corrected chi connectivity index (χ4v) is 4.76. The van der Waals surface area contributed by atoms with Gasteiger partial charge < -0.3 is 19.7 Å². The minimum absolute atomic E-state index is 0.126. The molecular weight excluding hydrogens is 406 g/mol. The van der Waals surface area contributed by atoms with Crippen LogP contribution in [0.3, 0.4) is 0 Å². The summed E-state index contributed by atoms with van der Waals surface area (Å²) >= 11 is 0. The fourth-order valence-electron chi connectivity index (χ4n) is 4.76. The van der Waals surface area contributed by atoms with E-state index in [4.69, 9.17) is 4.52 Å². The van der Waals surface area contributed by atoms with Crippen LogP contribution in [0, 0.1) is 0 Å². The molecule has 0 aliphatic carbocycles. The largest absolute Gasteiger partial charge is 0.334 e. The zero-order valence-corrected chi connectivity index (χ0v) is 19.6. The number of aromatic nitrogens is 5. The first kappa shape index (κ1) is 22.7. The molecule has 0 saturated carbocycles. The number of nitrogens with one attached hydrogen (secondary N) is 2. The van der Waals surface area contributed by atoms with Crippen LogP contribution in [0.2, 0.25) is 0 Å². The summed E-state index contributed by atoms with van der Waals surface area (Å²) < 4.78 is 7.44. The lowest BCUT2D eigenvalue weighted by molar-refractivity contribution is 0.168. The lowest BCUT2D eigenvalue weighted by Crippen LogP contribution is -2.38. The smallest absolute Gasteiger partial charge is 0.263 e. The standard InChI is InChI=1S/C21H29N7O2.C2H6/c1-13(2)27-9-5-15(6-10-27)19-25-21(30-26-19)16-12-23-28-17(11-18(29)24-20(16)28)14-3-7-22-8-4-14;1-2/h11-15,22H,3-10H2,1-2H3,(H,24,29);1-2H3. The molecule has 2 fully saturated rings. The molecule has 0 radical (unpaired) electrons. The zero-order chi connectivity index (χ0) is 22.7. The van der Waals surface area contributed by atoms with Gasteiger partial charge >= 0.3 is 0 Å². The van der Waals surface area contributed by atoms with Crippen molar-refractivity contribution in [2.45, 2.75) is 71.3 Å². The summed E-state index contributed by atoms with van der Waals surface area (Å²) in [6.45, 7) is 12.5. The Morgan fingerprint density at radius 3 is 2.50 bits per heavy atom. The molecule has 3 aromatic rings. The highest BCUT2D eigenvalue weighted by Crippen LogP contribution is 2.31. The van der Waals surface area contributed by atoms with Gasteiger partial charge in [0.15, 0.2) is 5.82 Å². The second-order valence-electron chi connectivity index (χ2n) is 8.76. The Morgan fingerprint density at radius 2 is 1.81 bits per heavy atom. The molecule has 5 rings (SSSR count). The molecule has 2 saturated heterocycles. The molecule has 9 nitrogen and oxygen atoms in total. The van der Waals surface area contributed by atoms with E-state index in [0.29, 0.717) is 35.0 Å². The van der Waals surface area contributed by atoms with Gasteiger partial charge in [-0.3, -0.25) is 4.79 Å². The summed E-state index contributed by atoms with van der Waals surface area (Å²) in [6, 6.07) is 2.23. The van der Waals surface area contributed by atoms with Gasteiger partial charge in [0.05, 0.1) is 11.9 Å². The number of aromatic amines is 1. The highest BCUT2D eigenvalue weighted by Gasteiger charge is 2.27. The minimum Gasteiger partial charge on any atom is -0.334 e. The predicted molar refractivity (Wildman–Crippen MR) is 124 cm³/mol. The highest BCUT2D eigenvalue weighted by molar-refractivity contribution is 5.71.